The Labute approximate surface area is 110 Å². The quantitative estimate of drug-likeness (QED) is 0.741. The fourth-order valence-electron chi connectivity index (χ4n) is 1.79. The summed E-state index contributed by atoms with van der Waals surface area (Å²) in [6.07, 6.45) is 1.20. The lowest BCUT2D eigenvalue weighted by Gasteiger charge is -2.27. The summed E-state index contributed by atoms with van der Waals surface area (Å²) in [6.45, 7) is 14.5. The second kappa shape index (κ2) is 7.27. The lowest BCUT2D eigenvalue weighted by atomic mass is 9.97. The first kappa shape index (κ1) is 14.8. The Kier molecular flexibility index (Phi) is 6.34. The normalized spacial score (nSPS) is 19.2. The minimum atomic E-state index is 0.372. The molecule has 17 heavy (non-hydrogen) atoms. The molecule has 1 rings (SSSR count). The van der Waals surface area contributed by atoms with E-state index in [4.69, 9.17) is 0 Å². The van der Waals surface area contributed by atoms with E-state index in [0.29, 0.717) is 5.41 Å². The Morgan fingerprint density at radius 1 is 1.35 bits per heavy atom. The molecule has 0 saturated carbocycles. The first-order valence-corrected chi connectivity index (χ1v) is 7.69. The van der Waals surface area contributed by atoms with Crippen molar-refractivity contribution in [1.82, 2.24) is 10.2 Å². The molecule has 1 aliphatic rings. The monoisotopic (exact) mass is 257 g/mol. The highest BCUT2D eigenvalue weighted by Crippen LogP contribution is 2.26. The summed E-state index contributed by atoms with van der Waals surface area (Å²) in [4.78, 5) is 7.05. The highest BCUT2D eigenvalue weighted by molar-refractivity contribution is 8.13. The average molecular weight is 257 g/mol. The number of rotatable bonds is 6. The molecule has 0 saturated heterocycles. The second-order valence-electron chi connectivity index (χ2n) is 5.38. The van der Waals surface area contributed by atoms with Crippen LogP contribution in [0.15, 0.2) is 4.99 Å². The molecule has 0 unspecified atom stereocenters. The van der Waals surface area contributed by atoms with Crippen molar-refractivity contribution in [3.05, 3.63) is 0 Å². The summed E-state index contributed by atoms with van der Waals surface area (Å²) in [7, 11) is 0. The first-order valence-electron chi connectivity index (χ1n) is 6.71. The molecule has 0 amide bonds. The van der Waals surface area contributed by atoms with Gasteiger partial charge in [0, 0.05) is 18.8 Å². The lowest BCUT2D eigenvalue weighted by Crippen LogP contribution is -2.33. The largest absolute Gasteiger partial charge is 0.365 e. The number of amidine groups is 1. The Hall–Kier alpha value is -0.220. The molecule has 100 valence electrons. The third kappa shape index (κ3) is 5.77. The van der Waals surface area contributed by atoms with Crippen LogP contribution in [0.25, 0.3) is 0 Å². The maximum Gasteiger partial charge on any atom is 0.156 e. The van der Waals surface area contributed by atoms with Gasteiger partial charge in [0.15, 0.2) is 5.17 Å². The van der Waals surface area contributed by atoms with E-state index in [0.717, 1.165) is 31.3 Å². The van der Waals surface area contributed by atoms with E-state index in [-0.39, 0.29) is 0 Å². The van der Waals surface area contributed by atoms with Crippen LogP contribution in [0.1, 0.15) is 34.1 Å². The van der Waals surface area contributed by atoms with Crippen LogP contribution >= 0.6 is 11.8 Å². The standard InChI is InChI=1S/C13H27N3S/c1-5-16(6-2)9-7-8-14-12-15-10-13(3,4)11-17-12/h5-11H2,1-4H3,(H,14,15). The highest BCUT2D eigenvalue weighted by Gasteiger charge is 2.22. The summed E-state index contributed by atoms with van der Waals surface area (Å²) in [5, 5.41) is 4.59. The zero-order valence-electron chi connectivity index (χ0n) is 11.8. The van der Waals surface area contributed by atoms with Crippen molar-refractivity contribution in [3.8, 4) is 0 Å². The van der Waals surface area contributed by atoms with Crippen molar-refractivity contribution >= 4 is 16.9 Å². The molecule has 1 heterocycles. The van der Waals surface area contributed by atoms with Gasteiger partial charge in [-0.25, -0.2) is 0 Å². The van der Waals surface area contributed by atoms with E-state index >= 15 is 0 Å². The van der Waals surface area contributed by atoms with Crippen LogP contribution < -0.4 is 5.32 Å². The zero-order chi connectivity index (χ0) is 12.7. The molecule has 0 radical (unpaired) electrons. The topological polar surface area (TPSA) is 27.6 Å². The minimum Gasteiger partial charge on any atom is -0.365 e. The molecule has 1 aliphatic heterocycles. The number of nitrogens with one attached hydrogen (secondary N) is 1. The van der Waals surface area contributed by atoms with Crippen LogP contribution in [0.5, 0.6) is 0 Å². The SMILES string of the molecule is CCN(CC)CCCNC1=NCC(C)(C)CS1. The summed E-state index contributed by atoms with van der Waals surface area (Å²) >= 11 is 1.87. The lowest BCUT2D eigenvalue weighted by molar-refractivity contribution is 0.300. The van der Waals surface area contributed by atoms with Crippen LogP contribution in [0.3, 0.4) is 0 Å². The zero-order valence-corrected chi connectivity index (χ0v) is 12.6. The molecule has 0 bridgehead atoms. The van der Waals surface area contributed by atoms with E-state index in [9.17, 15) is 0 Å². The van der Waals surface area contributed by atoms with Gasteiger partial charge < -0.3 is 10.2 Å². The molecule has 0 atom stereocenters. The fraction of sp³-hybridized carbons (Fsp3) is 0.923. The van der Waals surface area contributed by atoms with E-state index in [1.165, 1.54) is 18.7 Å². The third-order valence-electron chi connectivity index (χ3n) is 3.07. The molecule has 3 nitrogen and oxygen atoms in total. The second-order valence-corrected chi connectivity index (χ2v) is 6.35. The van der Waals surface area contributed by atoms with Crippen molar-refractivity contribution in [2.45, 2.75) is 34.1 Å². The molecule has 0 aromatic carbocycles. The van der Waals surface area contributed by atoms with Crippen molar-refractivity contribution in [2.75, 3.05) is 38.5 Å². The number of hydrogen-bond acceptors (Lipinski definition) is 4. The molecule has 0 aromatic rings. The molecule has 0 fully saturated rings. The van der Waals surface area contributed by atoms with Crippen LogP contribution in [0, 0.1) is 5.41 Å². The van der Waals surface area contributed by atoms with Gasteiger partial charge in [-0.2, -0.15) is 0 Å². The number of thioether (sulfide) groups is 1. The van der Waals surface area contributed by atoms with Crippen molar-refractivity contribution < 1.29 is 0 Å². The number of nitrogens with zero attached hydrogens (tertiary/aromatic N) is 2. The van der Waals surface area contributed by atoms with Gasteiger partial charge in [-0.15, -0.1) is 0 Å². The van der Waals surface area contributed by atoms with Gasteiger partial charge in [-0.1, -0.05) is 39.5 Å². The number of aliphatic imine (C=N–C) groups is 1. The molecular formula is C13H27N3S. The highest BCUT2D eigenvalue weighted by atomic mass is 32.2. The maximum absolute atomic E-state index is 4.59. The van der Waals surface area contributed by atoms with Crippen molar-refractivity contribution in [1.29, 1.82) is 0 Å². The smallest absolute Gasteiger partial charge is 0.156 e. The predicted molar refractivity (Wildman–Crippen MR) is 78.9 cm³/mol. The molecule has 0 spiro atoms. The third-order valence-corrected chi connectivity index (χ3v) is 4.54. The van der Waals surface area contributed by atoms with E-state index < -0.39 is 0 Å². The van der Waals surface area contributed by atoms with Gasteiger partial charge >= 0.3 is 0 Å². The van der Waals surface area contributed by atoms with Crippen LogP contribution in [-0.4, -0.2) is 48.5 Å². The average Bonchev–Trinajstić information content (AvgIpc) is 2.31. The fourth-order valence-corrected chi connectivity index (χ4v) is 2.76. The Balaban J connectivity index is 2.13. The summed E-state index contributed by atoms with van der Waals surface area (Å²) in [5.74, 6) is 1.18. The van der Waals surface area contributed by atoms with Crippen LogP contribution in [0.2, 0.25) is 0 Å². The van der Waals surface area contributed by atoms with E-state index in [2.05, 4.69) is 42.9 Å². The molecule has 1 N–H and O–H groups in total. The van der Waals surface area contributed by atoms with Crippen LogP contribution in [-0.2, 0) is 0 Å². The van der Waals surface area contributed by atoms with E-state index in [1.807, 2.05) is 11.8 Å². The van der Waals surface area contributed by atoms with Crippen molar-refractivity contribution in [3.63, 3.8) is 0 Å². The van der Waals surface area contributed by atoms with E-state index in [1.54, 1.807) is 0 Å². The Morgan fingerprint density at radius 2 is 2.06 bits per heavy atom. The summed E-state index contributed by atoms with van der Waals surface area (Å²) in [6, 6.07) is 0. The van der Waals surface area contributed by atoms with Gasteiger partial charge in [-0.3, -0.25) is 4.99 Å². The van der Waals surface area contributed by atoms with Gasteiger partial charge in [0.1, 0.15) is 0 Å². The van der Waals surface area contributed by atoms with Crippen LogP contribution in [0.4, 0.5) is 0 Å². The summed E-state index contributed by atoms with van der Waals surface area (Å²) < 4.78 is 0. The van der Waals surface area contributed by atoms with Gasteiger partial charge in [0.05, 0.1) is 0 Å². The number of hydrogen-bond donors (Lipinski definition) is 1. The Morgan fingerprint density at radius 3 is 2.59 bits per heavy atom. The molecule has 4 heteroatoms. The molecule has 0 aromatic heterocycles. The first-order chi connectivity index (χ1) is 8.07. The minimum absolute atomic E-state index is 0.372. The summed E-state index contributed by atoms with van der Waals surface area (Å²) in [5.41, 5.74) is 0.372. The van der Waals surface area contributed by atoms with Gasteiger partial charge in [-0.05, 0) is 31.5 Å². The van der Waals surface area contributed by atoms with Gasteiger partial charge in [0.25, 0.3) is 0 Å². The predicted octanol–water partition coefficient (Wildman–Crippen LogP) is 2.44. The van der Waals surface area contributed by atoms with Gasteiger partial charge in [0.2, 0.25) is 0 Å². The molecule has 0 aliphatic carbocycles. The Bertz CT molecular complexity index is 247. The maximum atomic E-state index is 4.59. The van der Waals surface area contributed by atoms with Crippen molar-refractivity contribution in [2.24, 2.45) is 10.4 Å². The molecular weight excluding hydrogens is 230 g/mol.